The molecule has 98 valence electrons. The zero-order valence-electron chi connectivity index (χ0n) is 10.5. The van der Waals surface area contributed by atoms with Gasteiger partial charge in [-0.25, -0.2) is 9.97 Å². The van der Waals surface area contributed by atoms with Gasteiger partial charge in [-0.3, -0.25) is 0 Å². The number of nitrogens with zero attached hydrogens (tertiary/aromatic N) is 3. The van der Waals surface area contributed by atoms with E-state index < -0.39 is 0 Å². The highest BCUT2D eigenvalue weighted by molar-refractivity contribution is 9.10. The minimum Gasteiger partial charge on any atom is -0.366 e. The van der Waals surface area contributed by atoms with Crippen molar-refractivity contribution in [3.8, 4) is 11.4 Å². The maximum atomic E-state index is 4.47. The second kappa shape index (κ2) is 5.67. The predicted molar refractivity (Wildman–Crippen MR) is 80.3 cm³/mol. The maximum Gasteiger partial charge on any atom is 0.159 e. The number of piperazine rings is 1. The lowest BCUT2D eigenvalue weighted by molar-refractivity contribution is 0.588. The lowest BCUT2D eigenvalue weighted by Gasteiger charge is -2.28. The minimum atomic E-state index is 0.770. The molecule has 1 fully saturated rings. The number of rotatable bonds is 2. The van der Waals surface area contributed by atoms with Crippen LogP contribution in [0.3, 0.4) is 0 Å². The molecular weight excluding hydrogens is 304 g/mol. The molecule has 1 aliphatic rings. The van der Waals surface area contributed by atoms with Crippen molar-refractivity contribution in [2.75, 3.05) is 31.1 Å². The molecule has 0 saturated carbocycles. The van der Waals surface area contributed by atoms with E-state index in [4.69, 9.17) is 0 Å². The molecule has 0 amide bonds. The van der Waals surface area contributed by atoms with Crippen molar-refractivity contribution in [1.82, 2.24) is 15.3 Å². The molecule has 1 aromatic heterocycles. The first kappa shape index (κ1) is 12.6. The van der Waals surface area contributed by atoms with Crippen LogP contribution in [0, 0.1) is 0 Å². The van der Waals surface area contributed by atoms with Gasteiger partial charge < -0.3 is 10.2 Å². The second-order valence-corrected chi connectivity index (χ2v) is 5.42. The molecule has 0 spiro atoms. The van der Waals surface area contributed by atoms with E-state index in [1.807, 2.05) is 36.7 Å². The summed E-state index contributed by atoms with van der Waals surface area (Å²) in [7, 11) is 0. The first-order valence-corrected chi connectivity index (χ1v) is 7.16. The van der Waals surface area contributed by atoms with Gasteiger partial charge in [0, 0.05) is 36.2 Å². The van der Waals surface area contributed by atoms with Gasteiger partial charge in [0.2, 0.25) is 0 Å². The van der Waals surface area contributed by atoms with Crippen molar-refractivity contribution in [3.05, 3.63) is 41.1 Å². The number of nitrogens with one attached hydrogen (secondary N) is 1. The normalized spacial score (nSPS) is 15.5. The summed E-state index contributed by atoms with van der Waals surface area (Å²) in [5.74, 6) is 0.770. The zero-order valence-corrected chi connectivity index (χ0v) is 12.1. The fraction of sp³-hybridized carbons (Fsp3) is 0.286. The van der Waals surface area contributed by atoms with Crippen LogP contribution >= 0.6 is 15.9 Å². The van der Waals surface area contributed by atoms with Gasteiger partial charge >= 0.3 is 0 Å². The van der Waals surface area contributed by atoms with E-state index in [-0.39, 0.29) is 0 Å². The molecule has 0 radical (unpaired) electrons. The van der Waals surface area contributed by atoms with Crippen LogP contribution in [0.1, 0.15) is 0 Å². The summed E-state index contributed by atoms with van der Waals surface area (Å²) in [6.07, 6.45) is 3.82. The molecule has 1 aliphatic heterocycles. The summed E-state index contributed by atoms with van der Waals surface area (Å²) < 4.78 is 1.06. The Kier molecular flexibility index (Phi) is 3.75. The number of anilines is 1. The average Bonchev–Trinajstić information content (AvgIpc) is 2.49. The molecule has 1 N–H and O–H groups in total. The van der Waals surface area contributed by atoms with E-state index in [0.29, 0.717) is 0 Å². The Morgan fingerprint density at radius 1 is 1.00 bits per heavy atom. The Hall–Kier alpha value is -1.46. The molecule has 0 bridgehead atoms. The largest absolute Gasteiger partial charge is 0.366 e. The zero-order chi connectivity index (χ0) is 13.1. The van der Waals surface area contributed by atoms with E-state index in [2.05, 4.69) is 36.1 Å². The third kappa shape index (κ3) is 2.93. The molecule has 4 nitrogen and oxygen atoms in total. The Morgan fingerprint density at radius 2 is 1.63 bits per heavy atom. The summed E-state index contributed by atoms with van der Waals surface area (Å²) in [6.45, 7) is 4.07. The molecule has 1 saturated heterocycles. The molecule has 5 heteroatoms. The van der Waals surface area contributed by atoms with Gasteiger partial charge in [0.25, 0.3) is 0 Å². The third-order valence-corrected chi connectivity index (χ3v) is 3.75. The van der Waals surface area contributed by atoms with Gasteiger partial charge in [0.15, 0.2) is 5.82 Å². The SMILES string of the molecule is Brc1ccc(-c2ncc(N3CCNCC3)cn2)cc1. The quantitative estimate of drug-likeness (QED) is 0.922. The summed E-state index contributed by atoms with van der Waals surface area (Å²) >= 11 is 3.43. The van der Waals surface area contributed by atoms with Crippen LogP contribution in [0.15, 0.2) is 41.1 Å². The Morgan fingerprint density at radius 3 is 2.26 bits per heavy atom. The van der Waals surface area contributed by atoms with Crippen LogP contribution in [0.5, 0.6) is 0 Å². The predicted octanol–water partition coefficient (Wildman–Crippen LogP) is 2.32. The lowest BCUT2D eigenvalue weighted by atomic mass is 10.2. The number of aromatic nitrogens is 2. The van der Waals surface area contributed by atoms with Crippen molar-refractivity contribution < 1.29 is 0 Å². The van der Waals surface area contributed by atoms with Crippen molar-refractivity contribution in [2.45, 2.75) is 0 Å². The molecule has 0 unspecified atom stereocenters. The van der Waals surface area contributed by atoms with Crippen molar-refractivity contribution in [2.24, 2.45) is 0 Å². The van der Waals surface area contributed by atoms with Crippen LogP contribution in [0.4, 0.5) is 5.69 Å². The highest BCUT2D eigenvalue weighted by Gasteiger charge is 2.11. The Labute approximate surface area is 121 Å². The van der Waals surface area contributed by atoms with Gasteiger partial charge in [-0.2, -0.15) is 0 Å². The van der Waals surface area contributed by atoms with Crippen LogP contribution < -0.4 is 10.2 Å². The second-order valence-electron chi connectivity index (χ2n) is 4.51. The van der Waals surface area contributed by atoms with E-state index in [0.717, 1.165) is 47.7 Å². The van der Waals surface area contributed by atoms with E-state index in [1.54, 1.807) is 0 Å². The first-order chi connectivity index (χ1) is 9.33. The first-order valence-electron chi connectivity index (χ1n) is 6.36. The highest BCUT2D eigenvalue weighted by Crippen LogP contribution is 2.20. The van der Waals surface area contributed by atoms with Gasteiger partial charge in [0.05, 0.1) is 18.1 Å². The summed E-state index contributed by atoms with van der Waals surface area (Å²) in [5, 5.41) is 3.34. The van der Waals surface area contributed by atoms with Gasteiger partial charge in [-0.15, -0.1) is 0 Å². The summed E-state index contributed by atoms with van der Waals surface area (Å²) in [6, 6.07) is 8.04. The Balaban J connectivity index is 1.80. The smallest absolute Gasteiger partial charge is 0.159 e. The number of hydrogen-bond acceptors (Lipinski definition) is 4. The van der Waals surface area contributed by atoms with Crippen LogP contribution in [-0.2, 0) is 0 Å². The lowest BCUT2D eigenvalue weighted by Crippen LogP contribution is -2.43. The fourth-order valence-electron chi connectivity index (χ4n) is 2.16. The molecule has 19 heavy (non-hydrogen) atoms. The van der Waals surface area contributed by atoms with Crippen LogP contribution in [0.25, 0.3) is 11.4 Å². The number of halogens is 1. The molecule has 3 rings (SSSR count). The van der Waals surface area contributed by atoms with Crippen LogP contribution in [0.2, 0.25) is 0 Å². The van der Waals surface area contributed by atoms with Gasteiger partial charge in [-0.1, -0.05) is 28.1 Å². The van der Waals surface area contributed by atoms with E-state index in [1.165, 1.54) is 0 Å². The van der Waals surface area contributed by atoms with Crippen LogP contribution in [-0.4, -0.2) is 36.1 Å². The Bertz CT molecular complexity index is 532. The van der Waals surface area contributed by atoms with E-state index in [9.17, 15) is 0 Å². The fourth-order valence-corrected chi connectivity index (χ4v) is 2.42. The topological polar surface area (TPSA) is 41.1 Å². The number of hydrogen-bond donors (Lipinski definition) is 1. The van der Waals surface area contributed by atoms with Crippen molar-refractivity contribution in [3.63, 3.8) is 0 Å². The molecular formula is C14H15BrN4. The number of benzene rings is 1. The summed E-state index contributed by atoms with van der Waals surface area (Å²) in [5.41, 5.74) is 2.14. The molecule has 0 aliphatic carbocycles. The molecule has 1 aromatic carbocycles. The van der Waals surface area contributed by atoms with Crippen molar-refractivity contribution in [1.29, 1.82) is 0 Å². The molecule has 0 atom stereocenters. The monoisotopic (exact) mass is 318 g/mol. The standard InChI is InChI=1S/C14H15BrN4/c15-12-3-1-11(2-4-12)14-17-9-13(10-18-14)19-7-5-16-6-8-19/h1-4,9-10,16H,5-8H2. The highest BCUT2D eigenvalue weighted by atomic mass is 79.9. The third-order valence-electron chi connectivity index (χ3n) is 3.22. The molecule has 2 aromatic rings. The van der Waals surface area contributed by atoms with Gasteiger partial charge in [0.1, 0.15) is 0 Å². The maximum absolute atomic E-state index is 4.47. The van der Waals surface area contributed by atoms with E-state index >= 15 is 0 Å². The van der Waals surface area contributed by atoms with Crippen molar-refractivity contribution >= 4 is 21.6 Å². The minimum absolute atomic E-state index is 0.770. The average molecular weight is 319 g/mol. The van der Waals surface area contributed by atoms with Gasteiger partial charge in [-0.05, 0) is 12.1 Å². The molecule has 2 heterocycles. The summed E-state index contributed by atoms with van der Waals surface area (Å²) in [4.78, 5) is 11.2.